The van der Waals surface area contributed by atoms with Gasteiger partial charge in [-0.25, -0.2) is 0 Å². The van der Waals surface area contributed by atoms with E-state index in [-0.39, 0.29) is 11.0 Å². The summed E-state index contributed by atoms with van der Waals surface area (Å²) in [6, 6.07) is 8.64. The van der Waals surface area contributed by atoms with Crippen molar-refractivity contribution in [3.63, 3.8) is 0 Å². The first-order valence-electron chi connectivity index (χ1n) is 4.12. The van der Waals surface area contributed by atoms with Gasteiger partial charge in [-0.15, -0.1) is 0 Å². The summed E-state index contributed by atoms with van der Waals surface area (Å²) in [5.41, 5.74) is 2.01. The summed E-state index contributed by atoms with van der Waals surface area (Å²) in [7, 11) is -4.08. The van der Waals surface area contributed by atoms with Crippen LogP contribution in [-0.2, 0) is 10.1 Å². The lowest BCUT2D eigenvalue weighted by atomic mass is 10.2. The largest absolute Gasteiger partial charge is 0.344 e. The molecule has 0 unspecified atom stereocenters. The summed E-state index contributed by atoms with van der Waals surface area (Å²) in [6.45, 7) is 0. The highest BCUT2D eigenvalue weighted by Gasteiger charge is 2.24. The van der Waals surface area contributed by atoms with Crippen LogP contribution >= 0.6 is 0 Å². The van der Waals surface area contributed by atoms with Crippen LogP contribution in [0.1, 0.15) is 0 Å². The van der Waals surface area contributed by atoms with Gasteiger partial charge in [-0.1, -0.05) is 18.2 Å². The maximum atomic E-state index is 10.9. The van der Waals surface area contributed by atoms with Crippen LogP contribution < -0.4 is 6.15 Å². The third kappa shape index (κ3) is 1.32. The minimum Gasteiger partial charge on any atom is -0.344 e. The van der Waals surface area contributed by atoms with Crippen LogP contribution in [0, 0.1) is 0 Å². The Morgan fingerprint density at radius 3 is 2.47 bits per heavy atom. The van der Waals surface area contributed by atoms with Gasteiger partial charge in [0.25, 0.3) is 10.1 Å². The van der Waals surface area contributed by atoms with E-state index >= 15 is 0 Å². The molecule has 0 atom stereocenters. The molecular weight excluding hydrogens is 214 g/mol. The molecule has 0 bridgehead atoms. The van der Waals surface area contributed by atoms with Crippen LogP contribution in [0.3, 0.4) is 0 Å². The molecule has 1 aliphatic rings. The van der Waals surface area contributed by atoms with Crippen LogP contribution in [0.5, 0.6) is 0 Å². The average molecular weight is 223 g/mol. The van der Waals surface area contributed by atoms with Gasteiger partial charge in [-0.2, -0.15) is 8.42 Å². The molecule has 2 aromatic carbocycles. The zero-order chi connectivity index (χ0) is 9.92. The van der Waals surface area contributed by atoms with Crippen molar-refractivity contribution in [2.75, 3.05) is 0 Å². The molecule has 0 heterocycles. The van der Waals surface area contributed by atoms with Crippen LogP contribution in [0.2, 0.25) is 0 Å². The lowest BCUT2D eigenvalue weighted by Gasteiger charge is -1.94. The van der Waals surface area contributed by atoms with Crippen LogP contribution in [0.15, 0.2) is 35.2 Å². The highest BCUT2D eigenvalue weighted by atomic mass is 32.2. The molecule has 0 fully saturated rings. The lowest BCUT2D eigenvalue weighted by molar-refractivity contribution is 0.483. The molecule has 0 aromatic heterocycles. The molecule has 0 saturated heterocycles. The molecule has 0 amide bonds. The highest BCUT2D eigenvalue weighted by molar-refractivity contribution is 7.85. The topological polar surface area (TPSA) is 89.4 Å². The van der Waals surface area contributed by atoms with Gasteiger partial charge >= 0.3 is 0 Å². The molecule has 5 heteroatoms. The van der Waals surface area contributed by atoms with E-state index in [2.05, 4.69) is 0 Å². The second-order valence-electron chi connectivity index (χ2n) is 3.35. The van der Waals surface area contributed by atoms with E-state index < -0.39 is 10.1 Å². The summed E-state index contributed by atoms with van der Waals surface area (Å²) in [4.78, 5) is -0.0267. The molecule has 1 aliphatic carbocycles. The Balaban J connectivity index is 0.000000853. The van der Waals surface area contributed by atoms with E-state index in [1.807, 2.05) is 18.2 Å². The summed E-state index contributed by atoms with van der Waals surface area (Å²) < 4.78 is 30.7. The Hall–Kier alpha value is -1.43. The Bertz CT molecular complexity index is 662. The second-order valence-corrected chi connectivity index (χ2v) is 4.77. The third-order valence-electron chi connectivity index (χ3n) is 2.48. The summed E-state index contributed by atoms with van der Waals surface area (Å²) in [5.74, 6) is 0. The van der Waals surface area contributed by atoms with Gasteiger partial charge < -0.3 is 6.15 Å². The molecule has 0 radical (unpaired) electrons. The molecule has 3 rings (SSSR count). The van der Waals surface area contributed by atoms with Gasteiger partial charge in [0.2, 0.25) is 0 Å². The Kier molecular flexibility index (Phi) is 1.88. The van der Waals surface area contributed by atoms with Gasteiger partial charge in [0.1, 0.15) is 0 Å². The van der Waals surface area contributed by atoms with Gasteiger partial charge in [-0.05, 0) is 34.0 Å². The summed E-state index contributed by atoms with van der Waals surface area (Å²) >= 11 is 0. The fourth-order valence-electron chi connectivity index (χ4n) is 1.79. The fraction of sp³-hybridized carbons (Fsp3) is 0. The molecule has 78 valence electrons. The van der Waals surface area contributed by atoms with Crippen LogP contribution in [0.25, 0.3) is 21.9 Å². The molecule has 0 spiro atoms. The molecule has 0 saturated carbocycles. The van der Waals surface area contributed by atoms with Crippen LogP contribution in [0.4, 0.5) is 0 Å². The molecule has 4 N–H and O–H groups in total. The third-order valence-corrected chi connectivity index (χ3v) is 3.31. The van der Waals surface area contributed by atoms with E-state index in [9.17, 15) is 8.42 Å². The molecular formula is C10H9NO3S. The van der Waals surface area contributed by atoms with Crippen molar-refractivity contribution < 1.29 is 13.0 Å². The zero-order valence-electron chi connectivity index (χ0n) is 7.77. The number of benzene rings is 2. The van der Waals surface area contributed by atoms with E-state index in [0.29, 0.717) is 0 Å². The minimum atomic E-state index is -4.08. The van der Waals surface area contributed by atoms with Crippen molar-refractivity contribution in [3.05, 3.63) is 30.3 Å². The van der Waals surface area contributed by atoms with Crippen LogP contribution in [-0.4, -0.2) is 13.0 Å². The SMILES string of the molecule is N.O=S(=O)(O)c1cc2c3c-2cccc3c1. The van der Waals surface area contributed by atoms with Crippen molar-refractivity contribution in [2.45, 2.75) is 4.90 Å². The first-order chi connectivity index (χ1) is 6.57. The molecule has 15 heavy (non-hydrogen) atoms. The first-order valence-corrected chi connectivity index (χ1v) is 5.56. The highest BCUT2D eigenvalue weighted by Crippen LogP contribution is 2.47. The number of rotatable bonds is 1. The smallest absolute Gasteiger partial charge is 0.294 e. The normalized spacial score (nSPS) is 12.3. The lowest BCUT2D eigenvalue weighted by Crippen LogP contribution is -1.96. The second kappa shape index (κ2) is 2.79. The maximum Gasteiger partial charge on any atom is 0.294 e. The number of hydrogen-bond acceptors (Lipinski definition) is 3. The number of hydrogen-bond donors (Lipinski definition) is 2. The number of fused-ring (bicyclic) bond motifs is 1. The molecule has 2 aromatic rings. The monoisotopic (exact) mass is 223 g/mol. The maximum absolute atomic E-state index is 10.9. The summed E-state index contributed by atoms with van der Waals surface area (Å²) in [5, 5.41) is 1.98. The van der Waals surface area contributed by atoms with Crippen molar-refractivity contribution in [2.24, 2.45) is 0 Å². The molecule has 0 aliphatic heterocycles. The van der Waals surface area contributed by atoms with Crippen molar-refractivity contribution in [1.82, 2.24) is 6.15 Å². The van der Waals surface area contributed by atoms with Crippen molar-refractivity contribution >= 4 is 20.9 Å². The Morgan fingerprint density at radius 1 is 1.07 bits per heavy atom. The van der Waals surface area contributed by atoms with Gasteiger partial charge in [0.05, 0.1) is 4.90 Å². The van der Waals surface area contributed by atoms with Crippen molar-refractivity contribution in [1.29, 1.82) is 0 Å². The van der Waals surface area contributed by atoms with Gasteiger partial charge in [0.15, 0.2) is 0 Å². The summed E-state index contributed by atoms with van der Waals surface area (Å²) in [6.07, 6.45) is 0. The standard InChI is InChI=1S/C10H6O3S.H3N/c11-14(12,13)7-4-6-2-1-3-8-9(5-7)10(6)8;/h1-5H,(H,11,12,13);1H3. The average Bonchev–Trinajstić information content (AvgIpc) is 2.80. The molecule has 4 nitrogen and oxygen atoms in total. The first kappa shape index (κ1) is 10.1. The Morgan fingerprint density at radius 2 is 1.80 bits per heavy atom. The van der Waals surface area contributed by atoms with Gasteiger partial charge in [-0.3, -0.25) is 4.55 Å². The van der Waals surface area contributed by atoms with E-state index in [1.54, 1.807) is 0 Å². The van der Waals surface area contributed by atoms with E-state index in [1.165, 1.54) is 12.1 Å². The quantitative estimate of drug-likeness (QED) is 0.619. The van der Waals surface area contributed by atoms with Gasteiger partial charge in [0, 0.05) is 0 Å². The fourth-order valence-corrected chi connectivity index (χ4v) is 2.33. The van der Waals surface area contributed by atoms with E-state index in [0.717, 1.165) is 21.9 Å². The minimum absolute atomic E-state index is 0. The van der Waals surface area contributed by atoms with Crippen molar-refractivity contribution in [3.8, 4) is 11.1 Å². The predicted molar refractivity (Wildman–Crippen MR) is 57.8 cm³/mol. The zero-order valence-corrected chi connectivity index (χ0v) is 8.58. The predicted octanol–water partition coefficient (Wildman–Crippen LogP) is 2.23. The Labute approximate surface area is 86.9 Å². The van der Waals surface area contributed by atoms with E-state index in [4.69, 9.17) is 4.55 Å².